The molecule has 0 aliphatic rings. The van der Waals surface area contributed by atoms with Crippen molar-refractivity contribution in [2.45, 2.75) is 6.10 Å². The summed E-state index contributed by atoms with van der Waals surface area (Å²) in [6, 6.07) is 7.13. The number of thiophene rings is 1. The summed E-state index contributed by atoms with van der Waals surface area (Å²) >= 11 is 3.80. The number of H-pyrrole nitrogens is 1. The van der Waals surface area contributed by atoms with E-state index in [0.717, 1.165) is 8.45 Å². The lowest BCUT2D eigenvalue weighted by Gasteiger charge is -2.08. The molecule has 1 unspecified atom stereocenters. The van der Waals surface area contributed by atoms with Gasteiger partial charge in [-0.25, -0.2) is 4.79 Å². The molecule has 4 nitrogen and oxygen atoms in total. The quantitative estimate of drug-likeness (QED) is 0.679. The zero-order valence-electron chi connectivity index (χ0n) is 9.01. The molecule has 1 aromatic carbocycles. The molecule has 0 aliphatic heterocycles. The molecule has 0 aliphatic carbocycles. The van der Waals surface area contributed by atoms with Crippen LogP contribution in [0.4, 0.5) is 0 Å². The van der Waals surface area contributed by atoms with Gasteiger partial charge in [0.2, 0.25) is 0 Å². The Bertz CT molecular complexity index is 758. The summed E-state index contributed by atoms with van der Waals surface area (Å²) in [4.78, 5) is 13.6. The molecule has 2 heterocycles. The fraction of sp³-hybridized carbons (Fsp3) is 0.0833. The Balaban J connectivity index is 2.05. The Kier molecular flexibility index (Phi) is 3.00. The lowest BCUT2D eigenvalue weighted by Crippen LogP contribution is -1.97. The summed E-state index contributed by atoms with van der Waals surface area (Å²) in [5.74, 6) is -0.485. The lowest BCUT2D eigenvalue weighted by atomic mass is 10.0. The third kappa shape index (κ3) is 2.11. The van der Waals surface area contributed by atoms with Crippen molar-refractivity contribution in [3.8, 4) is 0 Å². The van der Waals surface area contributed by atoms with E-state index in [0.29, 0.717) is 16.7 Å². The molecule has 1 atom stereocenters. The number of rotatable bonds is 2. The topological polar surface area (TPSA) is 66.2 Å². The van der Waals surface area contributed by atoms with Gasteiger partial charge in [-0.3, -0.25) is 4.98 Å². The summed E-state index contributed by atoms with van der Waals surface area (Å²) in [6.45, 7) is 0. The van der Waals surface area contributed by atoms with E-state index in [1.807, 2.05) is 11.4 Å². The van der Waals surface area contributed by atoms with E-state index in [1.165, 1.54) is 0 Å². The summed E-state index contributed by atoms with van der Waals surface area (Å²) in [5, 5.41) is 12.2. The maximum atomic E-state index is 11.1. The van der Waals surface area contributed by atoms with E-state index in [2.05, 4.69) is 27.6 Å². The number of aromatic nitrogens is 1. The van der Waals surface area contributed by atoms with Crippen LogP contribution >= 0.6 is 33.9 Å². The first-order valence-corrected chi connectivity index (χ1v) is 7.14. The first-order valence-electron chi connectivity index (χ1n) is 5.18. The Hall–Kier alpha value is -1.12. The molecule has 0 saturated heterocycles. The molecule has 0 saturated carbocycles. The van der Waals surface area contributed by atoms with Crippen LogP contribution in [0.1, 0.15) is 17.2 Å². The minimum absolute atomic E-state index is 0.460. The number of nitrogens with one attached hydrogen (secondary N) is 1. The number of fused-ring (bicyclic) bond motifs is 1. The van der Waals surface area contributed by atoms with Crippen LogP contribution in [0, 0.1) is 2.88 Å². The average molecular weight is 373 g/mol. The maximum Gasteiger partial charge on any atom is 0.417 e. The second kappa shape index (κ2) is 4.52. The third-order valence-corrected chi connectivity index (χ3v) is 4.47. The van der Waals surface area contributed by atoms with Crippen molar-refractivity contribution in [2.75, 3.05) is 0 Å². The van der Waals surface area contributed by atoms with Crippen LogP contribution in [0.25, 0.3) is 11.1 Å². The van der Waals surface area contributed by atoms with E-state index in [9.17, 15) is 9.90 Å². The number of aromatic amines is 1. The van der Waals surface area contributed by atoms with E-state index < -0.39 is 11.9 Å². The highest BCUT2D eigenvalue weighted by molar-refractivity contribution is 14.1. The van der Waals surface area contributed by atoms with Gasteiger partial charge in [0.05, 0.1) is 8.40 Å². The molecule has 92 valence electrons. The Morgan fingerprint density at radius 1 is 1.33 bits per heavy atom. The molecule has 0 fully saturated rings. The van der Waals surface area contributed by atoms with E-state index in [-0.39, 0.29) is 0 Å². The molecule has 2 aromatic heterocycles. The van der Waals surface area contributed by atoms with Gasteiger partial charge in [-0.15, -0.1) is 11.3 Å². The van der Waals surface area contributed by atoms with Crippen LogP contribution in [-0.4, -0.2) is 10.1 Å². The molecule has 2 N–H and O–H groups in total. The Morgan fingerprint density at radius 2 is 2.17 bits per heavy atom. The van der Waals surface area contributed by atoms with Gasteiger partial charge in [0.1, 0.15) is 6.10 Å². The van der Waals surface area contributed by atoms with Gasteiger partial charge in [0.15, 0.2) is 5.58 Å². The van der Waals surface area contributed by atoms with Gasteiger partial charge >= 0.3 is 5.76 Å². The number of benzene rings is 1. The third-order valence-electron chi connectivity index (χ3n) is 2.66. The second-order valence-electron chi connectivity index (χ2n) is 3.86. The van der Waals surface area contributed by atoms with Crippen LogP contribution in [0.2, 0.25) is 0 Å². The van der Waals surface area contributed by atoms with Gasteiger partial charge in [0, 0.05) is 0 Å². The van der Waals surface area contributed by atoms with E-state index in [4.69, 9.17) is 4.42 Å². The zero-order valence-corrected chi connectivity index (χ0v) is 12.0. The molecule has 3 aromatic rings. The summed E-state index contributed by atoms with van der Waals surface area (Å²) in [6.07, 6.45) is -0.700. The monoisotopic (exact) mass is 373 g/mol. The van der Waals surface area contributed by atoms with Crippen molar-refractivity contribution >= 4 is 45.0 Å². The highest BCUT2D eigenvalue weighted by atomic mass is 127. The minimum Gasteiger partial charge on any atom is -0.408 e. The van der Waals surface area contributed by atoms with E-state index in [1.54, 1.807) is 29.5 Å². The number of aliphatic hydroxyl groups excluding tert-OH is 1. The number of halogens is 1. The van der Waals surface area contributed by atoms with Crippen LogP contribution in [0.15, 0.2) is 38.9 Å². The van der Waals surface area contributed by atoms with E-state index >= 15 is 0 Å². The van der Waals surface area contributed by atoms with Gasteiger partial charge in [-0.1, -0.05) is 6.07 Å². The van der Waals surface area contributed by atoms with Gasteiger partial charge < -0.3 is 9.52 Å². The summed E-state index contributed by atoms with van der Waals surface area (Å²) in [5.41, 5.74) is 2.65. The van der Waals surface area contributed by atoms with Crippen LogP contribution in [0.5, 0.6) is 0 Å². The number of hydrogen-bond acceptors (Lipinski definition) is 4. The highest BCUT2D eigenvalue weighted by Gasteiger charge is 2.13. The van der Waals surface area contributed by atoms with Crippen molar-refractivity contribution in [2.24, 2.45) is 0 Å². The van der Waals surface area contributed by atoms with Gasteiger partial charge in [-0.05, 0) is 57.3 Å². The molecular weight excluding hydrogens is 365 g/mol. The van der Waals surface area contributed by atoms with Crippen molar-refractivity contribution in [3.05, 3.63) is 54.2 Å². The number of hydrogen-bond donors (Lipinski definition) is 2. The predicted octanol–water partition coefficient (Wildman–Crippen LogP) is 2.87. The van der Waals surface area contributed by atoms with Gasteiger partial charge in [0.25, 0.3) is 0 Å². The molecule has 0 bridgehead atoms. The van der Waals surface area contributed by atoms with Crippen LogP contribution < -0.4 is 5.76 Å². The van der Waals surface area contributed by atoms with Crippen molar-refractivity contribution in [1.29, 1.82) is 0 Å². The smallest absolute Gasteiger partial charge is 0.408 e. The number of aliphatic hydroxyl groups is 1. The SMILES string of the molecule is O=c1[nH]c2ccc(C(O)c3csc(I)c3)cc2o1. The summed E-state index contributed by atoms with van der Waals surface area (Å²) < 4.78 is 6.10. The first-order chi connectivity index (χ1) is 8.63. The molecule has 3 rings (SSSR count). The van der Waals surface area contributed by atoms with Crippen LogP contribution in [-0.2, 0) is 0 Å². The van der Waals surface area contributed by atoms with Crippen LogP contribution in [0.3, 0.4) is 0 Å². The van der Waals surface area contributed by atoms with Gasteiger partial charge in [-0.2, -0.15) is 0 Å². The first kappa shape index (κ1) is 11.9. The highest BCUT2D eigenvalue weighted by Crippen LogP contribution is 2.28. The molecule has 0 spiro atoms. The Morgan fingerprint density at radius 3 is 2.89 bits per heavy atom. The zero-order chi connectivity index (χ0) is 12.7. The molecular formula is C12H8INO3S. The fourth-order valence-electron chi connectivity index (χ4n) is 1.79. The van der Waals surface area contributed by atoms with Crippen molar-refractivity contribution in [3.63, 3.8) is 0 Å². The van der Waals surface area contributed by atoms with Crippen molar-refractivity contribution < 1.29 is 9.52 Å². The fourth-order valence-corrected chi connectivity index (χ4v) is 3.18. The lowest BCUT2D eigenvalue weighted by molar-refractivity contribution is 0.221. The maximum absolute atomic E-state index is 11.1. The molecule has 0 amide bonds. The second-order valence-corrected chi connectivity index (χ2v) is 6.66. The average Bonchev–Trinajstić information content (AvgIpc) is 2.92. The standard InChI is InChI=1S/C12H8INO3S/c13-10-4-7(5-18-10)11(15)6-1-2-8-9(3-6)17-12(16)14-8/h1-5,11,15H,(H,14,16). The Labute approximate surface area is 119 Å². The molecule has 6 heteroatoms. The normalized spacial score (nSPS) is 13.0. The molecule has 18 heavy (non-hydrogen) atoms. The molecule has 0 radical (unpaired) electrons. The number of oxazole rings is 1. The predicted molar refractivity (Wildman–Crippen MR) is 77.9 cm³/mol. The largest absolute Gasteiger partial charge is 0.417 e. The van der Waals surface area contributed by atoms with Crippen molar-refractivity contribution in [1.82, 2.24) is 4.98 Å². The summed E-state index contributed by atoms with van der Waals surface area (Å²) in [7, 11) is 0. The minimum atomic E-state index is -0.700.